The number of carbonyl (C=O) groups excluding carboxylic acids is 1. The molecule has 4 saturated carbocycles. The number of aliphatic carboxylic acids is 1. The van der Waals surface area contributed by atoms with E-state index in [2.05, 4.69) is 0 Å². The molecule has 9 heteroatoms. The number of anilines is 1. The van der Waals surface area contributed by atoms with Gasteiger partial charge in [-0.1, -0.05) is 42.5 Å². The molecule has 1 atom stereocenters. The number of benzene rings is 3. The standard InChI is InChI=1S/C32H31F3N2O3S/c33-32(34,35)41-24-8-5-19(6-9-24)17-36-18-37(29(38)26-10-7-23-3-1-2-4-25(23)27(26)36)28(30(39)40)31-14-20-11-21(15-31)13-22(12-20)16-31/h1-10,20-22,28H,11-18H2,(H,39,40)/t20?,21?,22?,28-,31?/m1/s1. The zero-order chi connectivity index (χ0) is 28.5. The van der Waals surface area contributed by atoms with Gasteiger partial charge in [0.2, 0.25) is 0 Å². The molecule has 214 valence electrons. The number of rotatable bonds is 6. The molecular weight excluding hydrogens is 549 g/mol. The summed E-state index contributed by atoms with van der Waals surface area (Å²) < 4.78 is 38.7. The van der Waals surface area contributed by atoms with Crippen LogP contribution in [0.25, 0.3) is 10.8 Å². The topological polar surface area (TPSA) is 60.9 Å². The third kappa shape index (κ3) is 4.76. The molecule has 1 amide bonds. The van der Waals surface area contributed by atoms with Crippen molar-refractivity contribution in [1.82, 2.24) is 4.90 Å². The number of thioether (sulfide) groups is 1. The predicted molar refractivity (Wildman–Crippen MR) is 152 cm³/mol. The molecule has 0 saturated heterocycles. The van der Waals surface area contributed by atoms with Gasteiger partial charge in [0, 0.05) is 22.2 Å². The molecule has 3 aromatic carbocycles. The zero-order valence-electron chi connectivity index (χ0n) is 22.4. The first-order valence-electron chi connectivity index (χ1n) is 14.2. The number of nitrogens with zero attached hydrogens (tertiary/aromatic N) is 2. The Bertz CT molecular complexity index is 1490. The van der Waals surface area contributed by atoms with Gasteiger partial charge in [0.1, 0.15) is 6.04 Å². The molecule has 0 unspecified atom stereocenters. The van der Waals surface area contributed by atoms with Gasteiger partial charge < -0.3 is 14.9 Å². The van der Waals surface area contributed by atoms with Crippen LogP contribution in [0, 0.1) is 23.2 Å². The van der Waals surface area contributed by atoms with Crippen molar-refractivity contribution in [2.75, 3.05) is 11.6 Å². The maximum Gasteiger partial charge on any atom is 0.446 e. The highest BCUT2D eigenvalue weighted by Gasteiger charge is 2.59. The molecule has 4 fully saturated rings. The lowest BCUT2D eigenvalue weighted by Gasteiger charge is -2.60. The predicted octanol–water partition coefficient (Wildman–Crippen LogP) is 7.54. The highest BCUT2D eigenvalue weighted by atomic mass is 32.2. The zero-order valence-corrected chi connectivity index (χ0v) is 23.3. The monoisotopic (exact) mass is 580 g/mol. The van der Waals surface area contributed by atoms with Gasteiger partial charge in [-0.3, -0.25) is 4.79 Å². The number of hydrogen-bond acceptors (Lipinski definition) is 4. The third-order valence-corrected chi connectivity index (χ3v) is 10.5. The average molecular weight is 581 g/mol. The Hall–Kier alpha value is -3.20. The van der Waals surface area contributed by atoms with Crippen molar-refractivity contribution in [3.05, 3.63) is 71.8 Å². The number of alkyl halides is 3. The van der Waals surface area contributed by atoms with Crippen molar-refractivity contribution in [1.29, 1.82) is 0 Å². The van der Waals surface area contributed by atoms with Crippen LogP contribution < -0.4 is 4.90 Å². The van der Waals surface area contributed by atoms with E-state index in [0.717, 1.165) is 41.3 Å². The van der Waals surface area contributed by atoms with E-state index in [0.29, 0.717) is 29.9 Å². The van der Waals surface area contributed by atoms with Gasteiger partial charge in [-0.25, -0.2) is 4.79 Å². The van der Waals surface area contributed by atoms with E-state index in [1.807, 2.05) is 35.2 Å². The molecule has 8 rings (SSSR count). The van der Waals surface area contributed by atoms with Gasteiger partial charge in [0.25, 0.3) is 5.91 Å². The van der Waals surface area contributed by atoms with Crippen molar-refractivity contribution in [2.24, 2.45) is 23.2 Å². The van der Waals surface area contributed by atoms with Crippen LogP contribution in [0.15, 0.2) is 65.6 Å². The molecule has 1 N–H and O–H groups in total. The van der Waals surface area contributed by atoms with Crippen LogP contribution >= 0.6 is 11.8 Å². The van der Waals surface area contributed by atoms with E-state index < -0.39 is 22.9 Å². The van der Waals surface area contributed by atoms with Crippen LogP contribution in [-0.2, 0) is 11.3 Å². The Labute approximate surface area is 240 Å². The fourth-order valence-corrected chi connectivity index (χ4v) is 9.36. The molecule has 0 aromatic heterocycles. The summed E-state index contributed by atoms with van der Waals surface area (Å²) in [6.45, 7) is 0.437. The van der Waals surface area contributed by atoms with Gasteiger partial charge in [0.05, 0.1) is 17.9 Å². The maximum atomic E-state index is 14.2. The van der Waals surface area contributed by atoms with Gasteiger partial charge in [-0.15, -0.1) is 0 Å². The first-order chi connectivity index (χ1) is 19.6. The van der Waals surface area contributed by atoms with Crippen molar-refractivity contribution >= 4 is 40.1 Å². The van der Waals surface area contributed by atoms with Crippen LogP contribution in [0.2, 0.25) is 0 Å². The fraction of sp³-hybridized carbons (Fsp3) is 0.438. The van der Waals surface area contributed by atoms with E-state index in [-0.39, 0.29) is 29.2 Å². The summed E-state index contributed by atoms with van der Waals surface area (Å²) in [6.07, 6.45) is 6.06. The number of carboxylic acids is 1. The van der Waals surface area contributed by atoms with Crippen molar-refractivity contribution in [2.45, 2.75) is 61.5 Å². The van der Waals surface area contributed by atoms with Gasteiger partial charge in [0.15, 0.2) is 0 Å². The quantitative estimate of drug-likeness (QED) is 0.305. The number of carbonyl (C=O) groups is 2. The van der Waals surface area contributed by atoms with E-state index in [4.69, 9.17) is 0 Å². The highest BCUT2D eigenvalue weighted by molar-refractivity contribution is 8.00. The molecule has 5 nitrogen and oxygen atoms in total. The normalized spacial score (nSPS) is 27.8. The molecule has 3 aromatic rings. The Balaban J connectivity index is 1.28. The number of carboxylic acid groups (broad SMARTS) is 1. The Kier molecular flexibility index (Phi) is 6.30. The number of halogens is 3. The lowest BCUT2D eigenvalue weighted by Crippen LogP contribution is -2.63. The fourth-order valence-electron chi connectivity index (χ4n) is 8.83. The van der Waals surface area contributed by atoms with E-state index in [9.17, 15) is 27.9 Å². The van der Waals surface area contributed by atoms with Crippen LogP contribution in [0.5, 0.6) is 0 Å². The maximum absolute atomic E-state index is 14.2. The summed E-state index contributed by atoms with van der Waals surface area (Å²) in [4.78, 5) is 31.0. The Morgan fingerprint density at radius 3 is 2.20 bits per heavy atom. The molecule has 4 bridgehead atoms. The molecule has 5 aliphatic rings. The van der Waals surface area contributed by atoms with E-state index in [1.54, 1.807) is 23.1 Å². The minimum atomic E-state index is -4.36. The van der Waals surface area contributed by atoms with Crippen LogP contribution in [0.4, 0.5) is 18.9 Å². The van der Waals surface area contributed by atoms with Gasteiger partial charge >= 0.3 is 11.5 Å². The van der Waals surface area contributed by atoms with Crippen molar-refractivity contribution in [3.63, 3.8) is 0 Å². The van der Waals surface area contributed by atoms with Crippen LogP contribution in [-0.4, -0.2) is 40.1 Å². The summed E-state index contributed by atoms with van der Waals surface area (Å²) in [6, 6.07) is 16.8. The van der Waals surface area contributed by atoms with Crippen molar-refractivity contribution in [3.8, 4) is 0 Å². The minimum absolute atomic E-state index is 0.107. The molecule has 0 radical (unpaired) electrons. The molecule has 1 aliphatic heterocycles. The Morgan fingerprint density at radius 1 is 0.951 bits per heavy atom. The van der Waals surface area contributed by atoms with Crippen molar-refractivity contribution < 1.29 is 27.9 Å². The lowest BCUT2D eigenvalue weighted by atomic mass is 9.47. The number of amides is 1. The molecule has 0 spiro atoms. The second kappa shape index (κ2) is 9.68. The second-order valence-corrected chi connectivity index (χ2v) is 13.6. The smallest absolute Gasteiger partial charge is 0.446 e. The summed E-state index contributed by atoms with van der Waals surface area (Å²) in [5.74, 6) is 0.385. The molecule has 1 heterocycles. The number of fused-ring (bicyclic) bond motifs is 3. The summed E-state index contributed by atoms with van der Waals surface area (Å²) in [5.41, 5.74) is -2.79. The van der Waals surface area contributed by atoms with E-state index >= 15 is 0 Å². The SMILES string of the molecule is O=C(O)[C@@H](N1CN(Cc2ccc(SC(F)(F)F)cc2)c2c(ccc3ccccc23)C1=O)C12CC3CC(CC(C3)C1)C2. The highest BCUT2D eigenvalue weighted by Crippen LogP contribution is 2.62. The lowest BCUT2D eigenvalue weighted by molar-refractivity contribution is -0.159. The van der Waals surface area contributed by atoms with Gasteiger partial charge in [-0.05, 0) is 97.2 Å². The third-order valence-electron chi connectivity index (χ3n) is 9.77. The summed E-state index contributed by atoms with van der Waals surface area (Å²) in [7, 11) is 0. The first-order valence-corrected chi connectivity index (χ1v) is 15.1. The van der Waals surface area contributed by atoms with E-state index in [1.165, 1.54) is 31.4 Å². The summed E-state index contributed by atoms with van der Waals surface area (Å²) in [5, 5.41) is 12.6. The second-order valence-electron chi connectivity index (χ2n) is 12.5. The minimum Gasteiger partial charge on any atom is -0.480 e. The van der Waals surface area contributed by atoms with Crippen LogP contribution in [0.1, 0.15) is 54.4 Å². The number of hydrogen-bond donors (Lipinski definition) is 1. The first kappa shape index (κ1) is 26.7. The molecular formula is C32H31F3N2O3S. The average Bonchev–Trinajstić information content (AvgIpc) is 2.90. The molecule has 4 aliphatic carbocycles. The largest absolute Gasteiger partial charge is 0.480 e. The van der Waals surface area contributed by atoms with Crippen LogP contribution in [0.3, 0.4) is 0 Å². The van der Waals surface area contributed by atoms with Gasteiger partial charge in [-0.2, -0.15) is 13.2 Å². The molecule has 41 heavy (non-hydrogen) atoms. The summed E-state index contributed by atoms with van der Waals surface area (Å²) >= 11 is -0.151. The Morgan fingerprint density at radius 2 is 1.59 bits per heavy atom.